The second-order valence-electron chi connectivity index (χ2n) is 5.21. The van der Waals surface area contributed by atoms with E-state index < -0.39 is 23.8 Å². The van der Waals surface area contributed by atoms with Crippen molar-refractivity contribution in [2.75, 3.05) is 31.7 Å². The predicted molar refractivity (Wildman–Crippen MR) is 82.6 cm³/mol. The van der Waals surface area contributed by atoms with E-state index in [9.17, 15) is 13.6 Å². The summed E-state index contributed by atoms with van der Waals surface area (Å²) in [4.78, 5) is 13.9. The molecule has 0 aliphatic carbocycles. The molecular formula is C15H20F2N2O2S. The number of carbonyl (C=O) groups is 1. The smallest absolute Gasteiger partial charge is 0.239 e. The van der Waals surface area contributed by atoms with E-state index in [-0.39, 0.29) is 5.91 Å². The van der Waals surface area contributed by atoms with Crippen molar-refractivity contribution in [2.45, 2.75) is 18.6 Å². The summed E-state index contributed by atoms with van der Waals surface area (Å²) in [5.74, 6) is -1.11. The molecule has 1 aromatic rings. The van der Waals surface area contributed by atoms with Gasteiger partial charge < -0.3 is 15.4 Å². The van der Waals surface area contributed by atoms with Crippen molar-refractivity contribution < 1.29 is 18.3 Å². The van der Waals surface area contributed by atoms with E-state index in [0.717, 1.165) is 17.9 Å². The van der Waals surface area contributed by atoms with E-state index in [1.54, 1.807) is 16.7 Å². The highest BCUT2D eigenvalue weighted by atomic mass is 32.2. The average molecular weight is 330 g/mol. The van der Waals surface area contributed by atoms with Gasteiger partial charge in [0.1, 0.15) is 6.10 Å². The lowest BCUT2D eigenvalue weighted by atomic mass is 10.1. The van der Waals surface area contributed by atoms with Gasteiger partial charge in [0.25, 0.3) is 0 Å². The maximum absolute atomic E-state index is 13.3. The van der Waals surface area contributed by atoms with Crippen LogP contribution < -0.4 is 5.73 Å². The number of halogens is 2. The summed E-state index contributed by atoms with van der Waals surface area (Å²) in [6, 6.07) is 3.13. The molecule has 1 aromatic carbocycles. The minimum atomic E-state index is -0.916. The number of morpholine rings is 1. The van der Waals surface area contributed by atoms with E-state index in [1.807, 2.05) is 6.26 Å². The first-order valence-corrected chi connectivity index (χ1v) is 8.52. The largest absolute Gasteiger partial charge is 0.370 e. The number of nitrogens with zero attached hydrogens (tertiary/aromatic N) is 1. The van der Waals surface area contributed by atoms with Gasteiger partial charge in [-0.2, -0.15) is 11.8 Å². The quantitative estimate of drug-likeness (QED) is 0.896. The van der Waals surface area contributed by atoms with Crippen LogP contribution in [0.2, 0.25) is 0 Å². The maximum atomic E-state index is 13.3. The number of hydrogen-bond acceptors (Lipinski definition) is 4. The van der Waals surface area contributed by atoms with Crippen LogP contribution in [-0.2, 0) is 9.53 Å². The minimum absolute atomic E-state index is 0.120. The van der Waals surface area contributed by atoms with Crippen molar-refractivity contribution in [2.24, 2.45) is 5.73 Å². The molecular weight excluding hydrogens is 310 g/mol. The van der Waals surface area contributed by atoms with Crippen LogP contribution in [0.15, 0.2) is 18.2 Å². The van der Waals surface area contributed by atoms with Crippen LogP contribution >= 0.6 is 11.8 Å². The highest BCUT2D eigenvalue weighted by Gasteiger charge is 2.28. The van der Waals surface area contributed by atoms with E-state index in [1.165, 1.54) is 6.07 Å². The van der Waals surface area contributed by atoms with Gasteiger partial charge in [-0.25, -0.2) is 8.78 Å². The highest BCUT2D eigenvalue weighted by Crippen LogP contribution is 2.24. The van der Waals surface area contributed by atoms with Gasteiger partial charge >= 0.3 is 0 Å². The van der Waals surface area contributed by atoms with Crippen molar-refractivity contribution in [3.8, 4) is 0 Å². The zero-order valence-corrected chi connectivity index (χ0v) is 13.2. The van der Waals surface area contributed by atoms with Gasteiger partial charge in [-0.05, 0) is 36.1 Å². The van der Waals surface area contributed by atoms with Crippen LogP contribution in [0.1, 0.15) is 18.1 Å². The van der Waals surface area contributed by atoms with Gasteiger partial charge in [-0.15, -0.1) is 0 Å². The molecule has 122 valence electrons. The van der Waals surface area contributed by atoms with Gasteiger partial charge in [-0.1, -0.05) is 6.07 Å². The molecule has 1 heterocycles. The SMILES string of the molecule is CSCC[C@H](N)C(=O)N1CCOC(c2ccc(F)c(F)c2)C1. The molecule has 2 rings (SSSR count). The summed E-state index contributed by atoms with van der Waals surface area (Å²) in [7, 11) is 0. The Morgan fingerprint density at radius 1 is 1.50 bits per heavy atom. The van der Waals surface area contributed by atoms with E-state index >= 15 is 0 Å². The molecule has 0 bridgehead atoms. The van der Waals surface area contributed by atoms with Crippen molar-refractivity contribution in [1.82, 2.24) is 4.90 Å². The third kappa shape index (κ3) is 4.18. The monoisotopic (exact) mass is 330 g/mol. The fourth-order valence-corrected chi connectivity index (χ4v) is 2.86. The molecule has 7 heteroatoms. The number of benzene rings is 1. The molecule has 0 aromatic heterocycles. The molecule has 1 unspecified atom stereocenters. The molecule has 0 saturated carbocycles. The first-order chi connectivity index (χ1) is 10.5. The topological polar surface area (TPSA) is 55.6 Å². The molecule has 22 heavy (non-hydrogen) atoms. The third-order valence-corrected chi connectivity index (χ3v) is 4.29. The van der Waals surface area contributed by atoms with E-state index in [0.29, 0.717) is 31.7 Å². The zero-order chi connectivity index (χ0) is 16.1. The maximum Gasteiger partial charge on any atom is 0.239 e. The Morgan fingerprint density at radius 2 is 2.27 bits per heavy atom. The molecule has 0 spiro atoms. The molecule has 1 saturated heterocycles. The lowest BCUT2D eigenvalue weighted by molar-refractivity contribution is -0.140. The fourth-order valence-electron chi connectivity index (χ4n) is 2.37. The number of nitrogens with two attached hydrogens (primary N) is 1. The average Bonchev–Trinajstić information content (AvgIpc) is 2.54. The Kier molecular flexibility index (Phi) is 6.16. The summed E-state index contributed by atoms with van der Waals surface area (Å²) in [6.07, 6.45) is 2.12. The Morgan fingerprint density at radius 3 is 2.95 bits per heavy atom. The highest BCUT2D eigenvalue weighted by molar-refractivity contribution is 7.98. The Balaban J connectivity index is 2.01. The summed E-state index contributed by atoms with van der Waals surface area (Å²) in [5.41, 5.74) is 6.43. The molecule has 2 atom stereocenters. The third-order valence-electron chi connectivity index (χ3n) is 3.64. The van der Waals surface area contributed by atoms with Gasteiger partial charge in [0, 0.05) is 6.54 Å². The molecule has 4 nitrogen and oxygen atoms in total. The van der Waals surface area contributed by atoms with Crippen molar-refractivity contribution in [1.29, 1.82) is 0 Å². The van der Waals surface area contributed by atoms with Crippen molar-refractivity contribution in [3.63, 3.8) is 0 Å². The van der Waals surface area contributed by atoms with Crippen LogP contribution in [-0.4, -0.2) is 48.6 Å². The fraction of sp³-hybridized carbons (Fsp3) is 0.533. The molecule has 1 amide bonds. The lowest BCUT2D eigenvalue weighted by Gasteiger charge is -2.34. The molecule has 1 aliphatic heterocycles. The number of ether oxygens (including phenoxy) is 1. The number of hydrogen-bond donors (Lipinski definition) is 1. The number of rotatable bonds is 5. The minimum Gasteiger partial charge on any atom is -0.370 e. The van der Waals surface area contributed by atoms with Crippen LogP contribution in [0.25, 0.3) is 0 Å². The van der Waals surface area contributed by atoms with Crippen LogP contribution in [0.3, 0.4) is 0 Å². The van der Waals surface area contributed by atoms with Crippen LogP contribution in [0, 0.1) is 11.6 Å². The van der Waals surface area contributed by atoms with Crippen LogP contribution in [0.5, 0.6) is 0 Å². The molecule has 2 N–H and O–H groups in total. The summed E-state index contributed by atoms with van der Waals surface area (Å²) < 4.78 is 31.9. The van der Waals surface area contributed by atoms with E-state index in [2.05, 4.69) is 0 Å². The summed E-state index contributed by atoms with van der Waals surface area (Å²) >= 11 is 1.64. The molecule has 1 aliphatic rings. The summed E-state index contributed by atoms with van der Waals surface area (Å²) in [5, 5.41) is 0. The Bertz CT molecular complexity index is 530. The first-order valence-electron chi connectivity index (χ1n) is 7.12. The van der Waals surface area contributed by atoms with Gasteiger partial charge in [-0.3, -0.25) is 4.79 Å². The lowest BCUT2D eigenvalue weighted by Crippen LogP contribution is -2.49. The number of amides is 1. The standard InChI is InChI=1S/C15H20F2N2O2S/c1-22-7-4-13(18)15(20)19-5-6-21-14(9-19)10-2-3-11(16)12(17)8-10/h2-3,8,13-14H,4-7,9,18H2,1H3/t13-,14?/m0/s1. The van der Waals surface area contributed by atoms with Gasteiger partial charge in [0.05, 0.1) is 19.2 Å². The predicted octanol–water partition coefficient (Wildman–Crippen LogP) is 1.95. The molecule has 1 fully saturated rings. The van der Waals surface area contributed by atoms with E-state index in [4.69, 9.17) is 10.5 Å². The number of carbonyl (C=O) groups excluding carboxylic acids is 1. The van der Waals surface area contributed by atoms with Crippen molar-refractivity contribution in [3.05, 3.63) is 35.4 Å². The van der Waals surface area contributed by atoms with Gasteiger partial charge in [0.2, 0.25) is 5.91 Å². The van der Waals surface area contributed by atoms with Gasteiger partial charge in [0.15, 0.2) is 11.6 Å². The van der Waals surface area contributed by atoms with Crippen LogP contribution in [0.4, 0.5) is 8.78 Å². The van der Waals surface area contributed by atoms with Crippen molar-refractivity contribution >= 4 is 17.7 Å². The second kappa shape index (κ2) is 7.89. The first kappa shape index (κ1) is 17.2. The number of thioether (sulfide) groups is 1. The Labute approximate surface area is 133 Å². The normalized spacial score (nSPS) is 20.0. The molecule has 0 radical (unpaired) electrons. The summed E-state index contributed by atoms with van der Waals surface area (Å²) in [6.45, 7) is 1.12. The Hall–Kier alpha value is -1.18. The zero-order valence-electron chi connectivity index (χ0n) is 12.4. The second-order valence-corrected chi connectivity index (χ2v) is 6.19.